The molecule has 1 saturated heterocycles. The minimum absolute atomic E-state index is 0.0641. The summed E-state index contributed by atoms with van der Waals surface area (Å²) in [4.78, 5) is 0. The number of hydrogen-bond donors (Lipinski definition) is 1. The molecule has 0 aromatic heterocycles. The van der Waals surface area contributed by atoms with Gasteiger partial charge in [0.05, 0.1) is 17.8 Å². The van der Waals surface area contributed by atoms with Crippen molar-refractivity contribution in [1.29, 1.82) is 0 Å². The average Bonchev–Trinajstić information content (AvgIpc) is 2.41. The molecule has 0 saturated carbocycles. The van der Waals surface area contributed by atoms with Gasteiger partial charge in [-0.05, 0) is 52.4 Å². The molecule has 2 unspecified atom stereocenters. The molecular weight excluding hydrogens is 200 g/mol. The molecule has 0 bridgehead atoms. The smallest absolute Gasteiger partial charge is 0.0723 e. The molecular formula is C14H24O2. The van der Waals surface area contributed by atoms with Crippen LogP contribution < -0.4 is 0 Å². The van der Waals surface area contributed by atoms with Crippen LogP contribution in [0, 0.1) is 0 Å². The van der Waals surface area contributed by atoms with Gasteiger partial charge in [-0.25, -0.2) is 0 Å². The van der Waals surface area contributed by atoms with Crippen LogP contribution in [-0.2, 0) is 4.74 Å². The monoisotopic (exact) mass is 224 g/mol. The van der Waals surface area contributed by atoms with Gasteiger partial charge in [-0.3, -0.25) is 0 Å². The summed E-state index contributed by atoms with van der Waals surface area (Å²) in [7, 11) is 0. The van der Waals surface area contributed by atoms with E-state index in [1.165, 1.54) is 18.4 Å². The molecule has 1 N–H and O–H groups in total. The Kier molecular flexibility index (Phi) is 3.70. The van der Waals surface area contributed by atoms with Crippen molar-refractivity contribution in [3.63, 3.8) is 0 Å². The van der Waals surface area contributed by atoms with E-state index in [2.05, 4.69) is 19.9 Å². The fourth-order valence-corrected chi connectivity index (χ4v) is 2.83. The van der Waals surface area contributed by atoms with E-state index < -0.39 is 0 Å². The van der Waals surface area contributed by atoms with Crippen LogP contribution in [0.1, 0.15) is 58.8 Å². The highest BCUT2D eigenvalue weighted by Crippen LogP contribution is 2.34. The first kappa shape index (κ1) is 12.1. The van der Waals surface area contributed by atoms with Gasteiger partial charge in [0.15, 0.2) is 0 Å². The van der Waals surface area contributed by atoms with Crippen molar-refractivity contribution in [3.8, 4) is 0 Å². The summed E-state index contributed by atoms with van der Waals surface area (Å²) >= 11 is 0. The summed E-state index contributed by atoms with van der Waals surface area (Å²) in [6.07, 6.45) is 10.0. The fourth-order valence-electron chi connectivity index (χ4n) is 2.83. The first-order valence-corrected chi connectivity index (χ1v) is 6.61. The molecule has 0 aromatic carbocycles. The van der Waals surface area contributed by atoms with E-state index in [1.807, 2.05) is 0 Å². The van der Waals surface area contributed by atoms with Gasteiger partial charge < -0.3 is 9.84 Å². The van der Waals surface area contributed by atoms with Crippen LogP contribution in [0.4, 0.5) is 0 Å². The molecule has 0 spiro atoms. The molecule has 2 atom stereocenters. The van der Waals surface area contributed by atoms with E-state index >= 15 is 0 Å². The van der Waals surface area contributed by atoms with Crippen molar-refractivity contribution < 1.29 is 9.84 Å². The van der Waals surface area contributed by atoms with Crippen LogP contribution in [0.3, 0.4) is 0 Å². The Bertz CT molecular complexity index is 268. The van der Waals surface area contributed by atoms with Crippen molar-refractivity contribution in [1.82, 2.24) is 0 Å². The molecule has 1 heterocycles. The summed E-state index contributed by atoms with van der Waals surface area (Å²) < 4.78 is 6.01. The molecule has 2 nitrogen and oxygen atoms in total. The van der Waals surface area contributed by atoms with Crippen molar-refractivity contribution in [2.24, 2.45) is 0 Å². The van der Waals surface area contributed by atoms with E-state index in [9.17, 15) is 5.11 Å². The van der Waals surface area contributed by atoms with Crippen LogP contribution >= 0.6 is 0 Å². The standard InChI is InChI=1S/C14H24O2/c1-14(2)8-7-13(16-14)10-11-5-3-4-6-12(15)9-11/h9,12-13,15H,3-8,10H2,1-2H3. The lowest BCUT2D eigenvalue weighted by Gasteiger charge is -2.20. The second-order valence-corrected chi connectivity index (χ2v) is 5.88. The van der Waals surface area contributed by atoms with Gasteiger partial charge in [0.1, 0.15) is 0 Å². The highest BCUT2D eigenvalue weighted by atomic mass is 16.5. The summed E-state index contributed by atoms with van der Waals surface area (Å²) in [5, 5.41) is 9.72. The third kappa shape index (κ3) is 3.33. The largest absolute Gasteiger partial charge is 0.389 e. The number of aliphatic hydroxyl groups excluding tert-OH is 1. The minimum Gasteiger partial charge on any atom is -0.389 e. The Morgan fingerprint density at radius 1 is 1.38 bits per heavy atom. The first-order chi connectivity index (χ1) is 7.55. The maximum absolute atomic E-state index is 9.72. The molecule has 0 amide bonds. The lowest BCUT2D eigenvalue weighted by Crippen LogP contribution is -2.20. The first-order valence-electron chi connectivity index (χ1n) is 6.61. The second kappa shape index (κ2) is 4.89. The zero-order chi connectivity index (χ0) is 11.6. The number of aliphatic hydroxyl groups is 1. The van der Waals surface area contributed by atoms with Crippen molar-refractivity contribution >= 4 is 0 Å². The summed E-state index contributed by atoms with van der Waals surface area (Å²) in [5.41, 5.74) is 1.47. The normalized spacial score (nSPS) is 34.6. The van der Waals surface area contributed by atoms with Crippen LogP contribution in [0.25, 0.3) is 0 Å². The Morgan fingerprint density at radius 3 is 2.88 bits per heavy atom. The third-order valence-electron chi connectivity index (χ3n) is 3.72. The topological polar surface area (TPSA) is 29.5 Å². The van der Waals surface area contributed by atoms with E-state index in [0.29, 0.717) is 6.10 Å². The molecule has 1 fully saturated rings. The highest BCUT2D eigenvalue weighted by Gasteiger charge is 2.31. The van der Waals surface area contributed by atoms with Gasteiger partial charge in [-0.1, -0.05) is 18.1 Å². The third-order valence-corrected chi connectivity index (χ3v) is 3.72. The highest BCUT2D eigenvalue weighted by molar-refractivity contribution is 5.09. The fraction of sp³-hybridized carbons (Fsp3) is 0.857. The molecule has 92 valence electrons. The Hall–Kier alpha value is -0.340. The number of hydrogen-bond acceptors (Lipinski definition) is 2. The van der Waals surface area contributed by atoms with E-state index in [-0.39, 0.29) is 11.7 Å². The van der Waals surface area contributed by atoms with Gasteiger partial charge >= 0.3 is 0 Å². The van der Waals surface area contributed by atoms with Crippen LogP contribution in [-0.4, -0.2) is 22.9 Å². The van der Waals surface area contributed by atoms with Gasteiger partial charge in [0, 0.05) is 0 Å². The SMILES string of the molecule is CC1(C)CCC(CC2=CC(O)CCCC2)O1. The van der Waals surface area contributed by atoms with Crippen LogP contribution in [0.5, 0.6) is 0 Å². The maximum atomic E-state index is 9.72. The molecule has 2 rings (SSSR count). The maximum Gasteiger partial charge on any atom is 0.0723 e. The van der Waals surface area contributed by atoms with Gasteiger partial charge in [-0.15, -0.1) is 0 Å². The summed E-state index contributed by atoms with van der Waals surface area (Å²) in [6.45, 7) is 4.34. The van der Waals surface area contributed by atoms with Crippen molar-refractivity contribution in [2.45, 2.75) is 76.6 Å². The molecule has 2 heteroatoms. The van der Waals surface area contributed by atoms with Crippen LogP contribution in [0.2, 0.25) is 0 Å². The lowest BCUT2D eigenvalue weighted by molar-refractivity contribution is -0.0148. The second-order valence-electron chi connectivity index (χ2n) is 5.88. The summed E-state index contributed by atoms with van der Waals surface area (Å²) in [6, 6.07) is 0. The molecule has 16 heavy (non-hydrogen) atoms. The zero-order valence-corrected chi connectivity index (χ0v) is 10.5. The molecule has 0 aromatic rings. The Morgan fingerprint density at radius 2 is 2.19 bits per heavy atom. The van der Waals surface area contributed by atoms with E-state index in [1.54, 1.807) is 0 Å². The van der Waals surface area contributed by atoms with E-state index in [4.69, 9.17) is 4.74 Å². The Labute approximate surface area is 98.7 Å². The predicted octanol–water partition coefficient (Wildman–Crippen LogP) is 3.20. The van der Waals surface area contributed by atoms with Crippen molar-refractivity contribution in [3.05, 3.63) is 11.6 Å². The molecule has 0 radical (unpaired) electrons. The average molecular weight is 224 g/mol. The minimum atomic E-state index is -0.216. The number of rotatable bonds is 2. The molecule has 1 aliphatic carbocycles. The van der Waals surface area contributed by atoms with E-state index in [0.717, 1.165) is 32.1 Å². The quantitative estimate of drug-likeness (QED) is 0.730. The van der Waals surface area contributed by atoms with Gasteiger partial charge in [0.2, 0.25) is 0 Å². The zero-order valence-electron chi connectivity index (χ0n) is 10.5. The molecule has 2 aliphatic rings. The van der Waals surface area contributed by atoms with Crippen molar-refractivity contribution in [2.75, 3.05) is 0 Å². The predicted molar refractivity (Wildman–Crippen MR) is 65.4 cm³/mol. The summed E-state index contributed by atoms with van der Waals surface area (Å²) in [5.74, 6) is 0. The lowest BCUT2D eigenvalue weighted by atomic mass is 10.00. The molecule has 1 aliphatic heterocycles. The van der Waals surface area contributed by atoms with Crippen LogP contribution in [0.15, 0.2) is 11.6 Å². The van der Waals surface area contributed by atoms with Gasteiger partial charge in [-0.2, -0.15) is 0 Å². The van der Waals surface area contributed by atoms with Gasteiger partial charge in [0.25, 0.3) is 0 Å². The Balaban J connectivity index is 1.89. The number of ether oxygens (including phenoxy) is 1.